The number of likely N-dealkylation sites (tertiary alicyclic amines) is 1. The Morgan fingerprint density at radius 2 is 1.92 bits per heavy atom. The average Bonchev–Trinajstić information content (AvgIpc) is 2.92. The third-order valence-electron chi connectivity index (χ3n) is 6.72. The maximum atomic E-state index is 13.9. The lowest BCUT2D eigenvalue weighted by molar-refractivity contribution is -0.116. The van der Waals surface area contributed by atoms with Gasteiger partial charge >= 0.3 is 0 Å². The van der Waals surface area contributed by atoms with Gasteiger partial charge in [-0.1, -0.05) is 19.3 Å². The van der Waals surface area contributed by atoms with Crippen LogP contribution in [0.1, 0.15) is 57.4 Å². The molecule has 1 spiro atoms. The molecule has 2 heterocycles. The first-order valence-corrected chi connectivity index (χ1v) is 9.88. The van der Waals surface area contributed by atoms with Crippen molar-refractivity contribution in [3.8, 4) is 0 Å². The molecule has 0 bridgehead atoms. The molecule has 1 aliphatic carbocycles. The first-order valence-electron chi connectivity index (χ1n) is 9.88. The zero-order chi connectivity index (χ0) is 17.4. The van der Waals surface area contributed by atoms with Gasteiger partial charge in [0.25, 0.3) is 0 Å². The van der Waals surface area contributed by atoms with Gasteiger partial charge in [-0.3, -0.25) is 4.79 Å². The predicted molar refractivity (Wildman–Crippen MR) is 98.4 cm³/mol. The van der Waals surface area contributed by atoms with Gasteiger partial charge in [-0.15, -0.1) is 0 Å². The van der Waals surface area contributed by atoms with Gasteiger partial charge in [-0.25, -0.2) is 4.39 Å². The van der Waals surface area contributed by atoms with Crippen molar-refractivity contribution in [2.75, 3.05) is 31.1 Å². The number of hydrogen-bond donors (Lipinski definition) is 0. The second-order valence-corrected chi connectivity index (χ2v) is 8.35. The second kappa shape index (κ2) is 6.71. The van der Waals surface area contributed by atoms with Crippen LogP contribution in [0.5, 0.6) is 0 Å². The maximum absolute atomic E-state index is 13.9. The molecular weight excluding hydrogens is 315 g/mol. The molecule has 2 fully saturated rings. The maximum Gasteiger partial charge on any atom is 0.223 e. The summed E-state index contributed by atoms with van der Waals surface area (Å²) in [6.07, 6.45) is 9.01. The Bertz CT molecular complexity index is 645. The van der Waals surface area contributed by atoms with Gasteiger partial charge in [0.05, 0.1) is 0 Å². The van der Waals surface area contributed by atoms with Crippen LogP contribution in [-0.4, -0.2) is 37.0 Å². The van der Waals surface area contributed by atoms with E-state index in [2.05, 4.69) is 4.90 Å². The highest BCUT2D eigenvalue weighted by Crippen LogP contribution is 2.47. The number of amides is 1. The van der Waals surface area contributed by atoms with Gasteiger partial charge in [0.2, 0.25) is 5.91 Å². The molecule has 0 radical (unpaired) electrons. The van der Waals surface area contributed by atoms with Crippen molar-refractivity contribution in [2.45, 2.75) is 57.3 Å². The van der Waals surface area contributed by atoms with Crippen LogP contribution < -0.4 is 4.90 Å². The third-order valence-corrected chi connectivity index (χ3v) is 6.72. The topological polar surface area (TPSA) is 23.6 Å². The quantitative estimate of drug-likeness (QED) is 0.806. The fourth-order valence-electron chi connectivity index (χ4n) is 5.25. The van der Waals surface area contributed by atoms with Crippen molar-refractivity contribution in [2.24, 2.45) is 5.92 Å². The van der Waals surface area contributed by atoms with E-state index in [1.807, 2.05) is 4.90 Å². The summed E-state index contributed by atoms with van der Waals surface area (Å²) in [5, 5.41) is 0. The van der Waals surface area contributed by atoms with Crippen LogP contribution >= 0.6 is 0 Å². The Morgan fingerprint density at radius 1 is 1.20 bits per heavy atom. The molecule has 136 valence electrons. The van der Waals surface area contributed by atoms with E-state index in [0.29, 0.717) is 0 Å². The Balaban J connectivity index is 1.48. The molecule has 1 amide bonds. The average molecular weight is 344 g/mol. The lowest BCUT2D eigenvalue weighted by Crippen LogP contribution is -2.47. The largest absolute Gasteiger partial charge is 0.311 e. The van der Waals surface area contributed by atoms with Gasteiger partial charge in [0, 0.05) is 31.1 Å². The molecule has 0 N–H and O–H groups in total. The van der Waals surface area contributed by atoms with E-state index in [4.69, 9.17) is 0 Å². The van der Waals surface area contributed by atoms with Gasteiger partial charge in [0.15, 0.2) is 0 Å². The van der Waals surface area contributed by atoms with E-state index < -0.39 is 0 Å². The van der Waals surface area contributed by atoms with Crippen LogP contribution in [0, 0.1) is 11.7 Å². The summed E-state index contributed by atoms with van der Waals surface area (Å²) in [6, 6.07) is 4.94. The molecule has 4 heteroatoms. The molecule has 1 saturated heterocycles. The molecule has 2 aliphatic heterocycles. The zero-order valence-corrected chi connectivity index (χ0v) is 15.3. The van der Waals surface area contributed by atoms with Gasteiger partial charge < -0.3 is 9.80 Å². The number of fused-ring (bicyclic) bond motifs is 2. The molecule has 0 unspecified atom stereocenters. The highest BCUT2D eigenvalue weighted by Gasteiger charge is 2.46. The van der Waals surface area contributed by atoms with Crippen LogP contribution in [-0.2, 0) is 10.2 Å². The highest BCUT2D eigenvalue weighted by atomic mass is 19.1. The number of carbonyl (C=O) groups is 1. The summed E-state index contributed by atoms with van der Waals surface area (Å²) in [4.78, 5) is 16.5. The number of rotatable bonds is 2. The molecule has 4 rings (SSSR count). The van der Waals surface area contributed by atoms with Crippen molar-refractivity contribution < 1.29 is 9.18 Å². The minimum absolute atomic E-state index is 0.0494. The summed E-state index contributed by atoms with van der Waals surface area (Å²) >= 11 is 0. The second-order valence-electron chi connectivity index (χ2n) is 8.35. The summed E-state index contributed by atoms with van der Waals surface area (Å²) < 4.78 is 13.9. The van der Waals surface area contributed by atoms with Crippen molar-refractivity contribution in [3.63, 3.8) is 0 Å². The predicted octanol–water partition coefficient (Wildman–Crippen LogP) is 4.11. The summed E-state index contributed by atoms with van der Waals surface area (Å²) in [6.45, 7) is 5.70. The molecule has 1 aromatic carbocycles. The molecule has 1 aromatic rings. The Labute approximate surface area is 150 Å². The first kappa shape index (κ1) is 17.0. The summed E-state index contributed by atoms with van der Waals surface area (Å²) in [7, 11) is 0. The van der Waals surface area contributed by atoms with E-state index >= 15 is 0 Å². The molecule has 3 aliphatic rings. The number of hydrogen-bond acceptors (Lipinski definition) is 2. The zero-order valence-electron chi connectivity index (χ0n) is 15.3. The number of anilines is 1. The van der Waals surface area contributed by atoms with Crippen LogP contribution in [0.15, 0.2) is 18.2 Å². The van der Waals surface area contributed by atoms with Crippen molar-refractivity contribution in [3.05, 3.63) is 29.6 Å². The molecule has 3 nitrogen and oxygen atoms in total. The van der Waals surface area contributed by atoms with Crippen molar-refractivity contribution >= 4 is 11.6 Å². The van der Waals surface area contributed by atoms with Crippen LogP contribution in [0.4, 0.5) is 10.1 Å². The van der Waals surface area contributed by atoms with Crippen molar-refractivity contribution in [1.82, 2.24) is 4.90 Å². The number of piperidine rings is 1. The number of benzene rings is 1. The number of nitrogens with zero attached hydrogens (tertiary/aromatic N) is 2. The van der Waals surface area contributed by atoms with Crippen LogP contribution in [0.3, 0.4) is 0 Å². The van der Waals surface area contributed by atoms with E-state index in [1.54, 1.807) is 19.1 Å². The monoisotopic (exact) mass is 344 g/mol. The van der Waals surface area contributed by atoms with E-state index in [1.165, 1.54) is 44.7 Å². The normalized spacial score (nSPS) is 23.8. The molecule has 0 aromatic heterocycles. The first-order chi connectivity index (χ1) is 12.1. The smallest absolute Gasteiger partial charge is 0.223 e. The van der Waals surface area contributed by atoms with Crippen LogP contribution in [0.2, 0.25) is 0 Å². The molecule has 0 atom stereocenters. The molecule has 1 saturated carbocycles. The van der Waals surface area contributed by atoms with E-state index in [0.717, 1.165) is 49.6 Å². The van der Waals surface area contributed by atoms with E-state index in [9.17, 15) is 9.18 Å². The fraction of sp³-hybridized carbons (Fsp3) is 0.667. The lowest BCUT2D eigenvalue weighted by atomic mass is 9.74. The van der Waals surface area contributed by atoms with Gasteiger partial charge in [-0.2, -0.15) is 0 Å². The third kappa shape index (κ3) is 3.21. The summed E-state index contributed by atoms with van der Waals surface area (Å²) in [5.41, 5.74) is 1.93. The minimum Gasteiger partial charge on any atom is -0.311 e. The van der Waals surface area contributed by atoms with Gasteiger partial charge in [0.1, 0.15) is 5.82 Å². The lowest BCUT2D eigenvalue weighted by Gasteiger charge is -2.41. The van der Waals surface area contributed by atoms with Gasteiger partial charge in [-0.05, 0) is 68.5 Å². The number of carbonyl (C=O) groups excluding carboxylic acids is 1. The van der Waals surface area contributed by atoms with Crippen molar-refractivity contribution in [1.29, 1.82) is 0 Å². The Hall–Kier alpha value is -1.42. The highest BCUT2D eigenvalue weighted by molar-refractivity contribution is 5.94. The molecular formula is C21H29FN2O. The fourth-order valence-corrected chi connectivity index (χ4v) is 5.25. The Morgan fingerprint density at radius 3 is 2.60 bits per heavy atom. The Kier molecular flexibility index (Phi) is 4.57. The minimum atomic E-state index is -0.187. The SMILES string of the molecule is CC(=O)N1CC2(CCN(CC3CCCCC3)CC2)c2cc(F)ccc21. The number of halogens is 1. The van der Waals surface area contributed by atoms with Crippen LogP contribution in [0.25, 0.3) is 0 Å². The standard InChI is InChI=1S/C21H29FN2O/c1-16(25)24-15-21(19-13-18(22)7-8-20(19)24)9-11-23(12-10-21)14-17-5-3-2-4-6-17/h7-8,13,17H,2-6,9-12,14-15H2,1H3. The summed E-state index contributed by atoms with van der Waals surface area (Å²) in [5.74, 6) is 0.743. The molecule has 25 heavy (non-hydrogen) atoms. The van der Waals surface area contributed by atoms with E-state index in [-0.39, 0.29) is 17.1 Å².